The molecule has 2 amide bonds. The highest BCUT2D eigenvalue weighted by atomic mass is 35.5. The fourth-order valence-electron chi connectivity index (χ4n) is 0.820. The van der Waals surface area contributed by atoms with Crippen LogP contribution in [0.1, 0.15) is 0 Å². The number of anilines is 1. The fourth-order valence-corrected chi connectivity index (χ4v) is 1.00. The summed E-state index contributed by atoms with van der Waals surface area (Å²) in [4.78, 5) is 12.6. The van der Waals surface area contributed by atoms with Crippen LogP contribution in [0.2, 0.25) is 5.02 Å². The van der Waals surface area contributed by atoms with Gasteiger partial charge in [0.25, 0.3) is 0 Å². The monoisotopic (exact) mass is 214 g/mol. The highest BCUT2D eigenvalue weighted by molar-refractivity contribution is 6.32. The van der Waals surface area contributed by atoms with Crippen LogP contribution in [0.4, 0.5) is 10.5 Å². The summed E-state index contributed by atoms with van der Waals surface area (Å²) in [6.07, 6.45) is 0. The fraction of sp³-hybridized carbons (Fsp3) is 0.222. The Kier molecular flexibility index (Phi) is 3.19. The van der Waals surface area contributed by atoms with Gasteiger partial charge in [-0.3, -0.25) is 0 Å². The van der Waals surface area contributed by atoms with Gasteiger partial charge in [-0.25, -0.2) is 4.79 Å². The summed E-state index contributed by atoms with van der Waals surface area (Å²) in [5.74, 6) is -0.00508. The zero-order chi connectivity index (χ0) is 10.7. The molecule has 14 heavy (non-hydrogen) atoms. The van der Waals surface area contributed by atoms with Gasteiger partial charge in [0.15, 0.2) is 0 Å². The summed E-state index contributed by atoms with van der Waals surface area (Å²) >= 11 is 5.66. The molecule has 0 aliphatic rings. The van der Waals surface area contributed by atoms with Crippen molar-refractivity contribution in [3.63, 3.8) is 0 Å². The highest BCUT2D eigenvalue weighted by Gasteiger charge is 2.05. The van der Waals surface area contributed by atoms with Crippen LogP contribution in [-0.2, 0) is 0 Å². The molecular weight excluding hydrogens is 204 g/mol. The highest BCUT2D eigenvalue weighted by Crippen LogP contribution is 2.25. The maximum absolute atomic E-state index is 11.2. The normalized spacial score (nSPS) is 9.64. The van der Waals surface area contributed by atoms with E-state index in [0.717, 1.165) is 0 Å². The van der Waals surface area contributed by atoms with Crippen molar-refractivity contribution in [2.45, 2.75) is 0 Å². The largest absolute Gasteiger partial charge is 0.506 e. The van der Waals surface area contributed by atoms with Crippen molar-refractivity contribution in [2.24, 2.45) is 0 Å². The van der Waals surface area contributed by atoms with Crippen molar-refractivity contribution < 1.29 is 9.90 Å². The molecule has 4 nitrogen and oxygen atoms in total. The smallest absolute Gasteiger partial charge is 0.321 e. The number of halogens is 1. The molecule has 1 aromatic carbocycles. The molecule has 0 bridgehead atoms. The molecule has 76 valence electrons. The van der Waals surface area contributed by atoms with E-state index in [2.05, 4.69) is 5.32 Å². The average Bonchev–Trinajstić information content (AvgIpc) is 2.11. The lowest BCUT2D eigenvalue weighted by molar-refractivity contribution is 0.230. The second-order valence-electron chi connectivity index (χ2n) is 2.99. The van der Waals surface area contributed by atoms with E-state index in [9.17, 15) is 4.79 Å². The number of carbonyl (C=O) groups is 1. The Hall–Kier alpha value is -1.42. The van der Waals surface area contributed by atoms with Gasteiger partial charge in [-0.05, 0) is 18.2 Å². The van der Waals surface area contributed by atoms with E-state index < -0.39 is 0 Å². The van der Waals surface area contributed by atoms with Gasteiger partial charge >= 0.3 is 6.03 Å². The third kappa shape index (κ3) is 2.53. The van der Waals surface area contributed by atoms with Crippen LogP contribution in [0.15, 0.2) is 18.2 Å². The van der Waals surface area contributed by atoms with Crippen molar-refractivity contribution in [1.82, 2.24) is 4.90 Å². The first kappa shape index (κ1) is 10.7. The van der Waals surface area contributed by atoms with Gasteiger partial charge in [-0.2, -0.15) is 0 Å². The molecule has 2 N–H and O–H groups in total. The number of urea groups is 1. The summed E-state index contributed by atoms with van der Waals surface area (Å²) in [5, 5.41) is 11.9. The van der Waals surface area contributed by atoms with Crippen LogP contribution in [0.25, 0.3) is 0 Å². The Morgan fingerprint density at radius 1 is 1.50 bits per heavy atom. The summed E-state index contributed by atoms with van der Waals surface area (Å²) < 4.78 is 0. The molecule has 0 radical (unpaired) electrons. The van der Waals surface area contributed by atoms with Crippen LogP contribution >= 0.6 is 11.6 Å². The predicted molar refractivity (Wildman–Crippen MR) is 55.8 cm³/mol. The first-order chi connectivity index (χ1) is 6.50. The summed E-state index contributed by atoms with van der Waals surface area (Å²) in [7, 11) is 3.27. The molecular formula is C9H11ClN2O2. The molecule has 0 atom stereocenters. The van der Waals surface area contributed by atoms with Crippen LogP contribution in [0.5, 0.6) is 5.75 Å². The lowest BCUT2D eigenvalue weighted by Crippen LogP contribution is -2.27. The molecule has 1 aromatic rings. The zero-order valence-corrected chi connectivity index (χ0v) is 8.67. The SMILES string of the molecule is CN(C)C(=O)Nc1ccc(O)c(Cl)c1. The number of nitrogens with zero attached hydrogens (tertiary/aromatic N) is 1. The van der Waals surface area contributed by atoms with Gasteiger partial charge in [-0.1, -0.05) is 11.6 Å². The minimum atomic E-state index is -0.244. The zero-order valence-electron chi connectivity index (χ0n) is 7.91. The molecule has 5 heteroatoms. The molecule has 1 rings (SSSR count). The van der Waals surface area contributed by atoms with Crippen LogP contribution < -0.4 is 5.32 Å². The number of amides is 2. The van der Waals surface area contributed by atoms with E-state index in [1.54, 1.807) is 20.2 Å². The third-order valence-corrected chi connectivity index (χ3v) is 1.91. The third-order valence-electron chi connectivity index (χ3n) is 1.61. The average molecular weight is 215 g/mol. The van der Waals surface area contributed by atoms with Gasteiger partial charge in [0.05, 0.1) is 5.02 Å². The Morgan fingerprint density at radius 2 is 2.14 bits per heavy atom. The number of benzene rings is 1. The molecule has 0 unspecified atom stereocenters. The van der Waals surface area contributed by atoms with Gasteiger partial charge in [-0.15, -0.1) is 0 Å². The number of nitrogens with one attached hydrogen (secondary N) is 1. The van der Waals surface area contributed by atoms with Crippen molar-refractivity contribution in [3.8, 4) is 5.75 Å². The van der Waals surface area contributed by atoms with Crippen LogP contribution in [0, 0.1) is 0 Å². The van der Waals surface area contributed by atoms with Gasteiger partial charge < -0.3 is 15.3 Å². The second-order valence-corrected chi connectivity index (χ2v) is 3.40. The van der Waals surface area contributed by atoms with Crippen LogP contribution in [-0.4, -0.2) is 30.1 Å². The minimum Gasteiger partial charge on any atom is -0.506 e. The molecule has 0 aliphatic heterocycles. The van der Waals surface area contributed by atoms with Crippen molar-refractivity contribution in [3.05, 3.63) is 23.2 Å². The summed E-state index contributed by atoms with van der Waals surface area (Å²) in [6.45, 7) is 0. The van der Waals surface area contributed by atoms with E-state index in [1.807, 2.05) is 0 Å². The Balaban J connectivity index is 2.78. The summed E-state index contributed by atoms with van der Waals surface area (Å²) in [5.41, 5.74) is 0.548. The maximum atomic E-state index is 11.2. The number of carbonyl (C=O) groups excluding carboxylic acids is 1. The van der Waals surface area contributed by atoms with E-state index >= 15 is 0 Å². The maximum Gasteiger partial charge on any atom is 0.321 e. The Morgan fingerprint density at radius 3 is 2.64 bits per heavy atom. The van der Waals surface area contributed by atoms with Gasteiger partial charge in [0.2, 0.25) is 0 Å². The molecule has 0 spiro atoms. The van der Waals surface area contributed by atoms with E-state index in [1.165, 1.54) is 17.0 Å². The predicted octanol–water partition coefficient (Wildman–Crippen LogP) is 2.14. The van der Waals surface area contributed by atoms with Crippen LogP contribution in [0.3, 0.4) is 0 Å². The number of aromatic hydroxyl groups is 1. The molecule has 0 saturated heterocycles. The number of rotatable bonds is 1. The number of phenols is 1. The lowest BCUT2D eigenvalue weighted by atomic mass is 10.3. The van der Waals surface area contributed by atoms with Gasteiger partial charge in [0, 0.05) is 19.8 Å². The van der Waals surface area contributed by atoms with E-state index in [4.69, 9.17) is 16.7 Å². The number of hydrogen-bond donors (Lipinski definition) is 2. The van der Waals surface area contributed by atoms with Crippen molar-refractivity contribution in [1.29, 1.82) is 0 Å². The molecule has 0 aliphatic carbocycles. The first-order valence-corrected chi connectivity index (χ1v) is 4.35. The first-order valence-electron chi connectivity index (χ1n) is 3.97. The lowest BCUT2D eigenvalue weighted by Gasteiger charge is -2.12. The summed E-state index contributed by atoms with van der Waals surface area (Å²) in [6, 6.07) is 4.24. The van der Waals surface area contributed by atoms with Crippen molar-refractivity contribution in [2.75, 3.05) is 19.4 Å². The topological polar surface area (TPSA) is 52.6 Å². The Bertz CT molecular complexity index is 353. The van der Waals surface area contributed by atoms with E-state index in [0.29, 0.717) is 5.69 Å². The van der Waals surface area contributed by atoms with E-state index in [-0.39, 0.29) is 16.8 Å². The molecule has 0 aromatic heterocycles. The quantitative estimate of drug-likeness (QED) is 0.704. The number of hydrogen-bond acceptors (Lipinski definition) is 2. The van der Waals surface area contributed by atoms with Gasteiger partial charge in [0.1, 0.15) is 5.75 Å². The molecule has 0 fully saturated rings. The molecule has 0 saturated carbocycles. The van der Waals surface area contributed by atoms with Crippen molar-refractivity contribution >= 4 is 23.3 Å². The second kappa shape index (κ2) is 4.19. The Labute approximate surface area is 87.1 Å². The standard InChI is InChI=1S/C9H11ClN2O2/c1-12(2)9(14)11-6-3-4-8(13)7(10)5-6/h3-5,13H,1-2H3,(H,11,14). The minimum absolute atomic E-state index is 0.00508. The number of phenolic OH excluding ortho intramolecular Hbond substituents is 1. The molecule has 0 heterocycles.